The summed E-state index contributed by atoms with van der Waals surface area (Å²) in [6.45, 7) is 5.33. The maximum Gasteiger partial charge on any atom is 0.338 e. The number of rotatable bonds is 7. The quantitative estimate of drug-likeness (QED) is 0.279. The monoisotopic (exact) mass is 551 g/mol. The maximum absolute atomic E-state index is 13.1. The van der Waals surface area contributed by atoms with Crippen molar-refractivity contribution in [3.8, 4) is 0 Å². The van der Waals surface area contributed by atoms with Gasteiger partial charge in [-0.25, -0.2) is 9.69 Å². The lowest BCUT2D eigenvalue weighted by Gasteiger charge is -2.16. The number of ether oxygens (including phenoxy) is 1. The Balaban J connectivity index is 1.49. The number of anilines is 3. The van der Waals surface area contributed by atoms with Crippen molar-refractivity contribution in [2.75, 3.05) is 15.5 Å². The van der Waals surface area contributed by atoms with Crippen molar-refractivity contribution in [2.45, 2.75) is 26.9 Å². The van der Waals surface area contributed by atoms with E-state index in [1.807, 2.05) is 6.92 Å². The number of aryl methyl sites for hydroxylation is 1. The number of hydrogen-bond donors (Lipinski definition) is 2. The van der Waals surface area contributed by atoms with Crippen molar-refractivity contribution in [1.29, 1.82) is 0 Å². The average molecular weight is 552 g/mol. The molecule has 4 rings (SSSR count). The van der Waals surface area contributed by atoms with E-state index in [-0.39, 0.29) is 34.0 Å². The first-order chi connectivity index (χ1) is 18.0. The maximum atomic E-state index is 13.1. The van der Waals surface area contributed by atoms with Gasteiger partial charge < -0.3 is 15.4 Å². The number of esters is 1. The molecule has 3 amide bonds. The van der Waals surface area contributed by atoms with Crippen LogP contribution >= 0.6 is 23.2 Å². The number of carbonyl (C=O) groups excluding carboxylic acids is 4. The van der Waals surface area contributed by atoms with E-state index in [1.54, 1.807) is 50.2 Å². The Labute approximate surface area is 229 Å². The zero-order valence-electron chi connectivity index (χ0n) is 20.7. The number of nitrogens with zero attached hydrogens (tertiary/aromatic N) is 1. The lowest BCUT2D eigenvalue weighted by molar-refractivity contribution is -0.120. The van der Waals surface area contributed by atoms with Gasteiger partial charge in [-0.2, -0.15) is 0 Å². The molecule has 0 aliphatic carbocycles. The lowest BCUT2D eigenvalue weighted by atomic mass is 10.1. The van der Waals surface area contributed by atoms with Gasteiger partial charge in [0.05, 0.1) is 17.4 Å². The second-order valence-electron chi connectivity index (χ2n) is 8.76. The summed E-state index contributed by atoms with van der Waals surface area (Å²) in [6, 6.07) is 17.4. The zero-order chi connectivity index (χ0) is 27.6. The average Bonchev–Trinajstić information content (AvgIpc) is 3.09. The van der Waals surface area contributed by atoms with E-state index in [0.29, 0.717) is 22.0 Å². The smallest absolute Gasteiger partial charge is 0.338 e. The van der Waals surface area contributed by atoms with Crippen molar-refractivity contribution >= 4 is 64.0 Å². The van der Waals surface area contributed by atoms with Crippen LogP contribution in [-0.4, -0.2) is 29.8 Å². The molecule has 1 heterocycles. The molecule has 0 saturated heterocycles. The molecule has 0 spiro atoms. The van der Waals surface area contributed by atoms with Gasteiger partial charge in [0.25, 0.3) is 17.7 Å². The zero-order valence-corrected chi connectivity index (χ0v) is 22.2. The minimum absolute atomic E-state index is 0.136. The van der Waals surface area contributed by atoms with Gasteiger partial charge >= 0.3 is 5.97 Å². The third-order valence-electron chi connectivity index (χ3n) is 5.56. The summed E-state index contributed by atoms with van der Waals surface area (Å²) in [4.78, 5) is 51.7. The molecule has 1 aliphatic rings. The van der Waals surface area contributed by atoms with Crippen LogP contribution in [0, 0.1) is 6.92 Å². The highest BCUT2D eigenvalue weighted by Crippen LogP contribution is 2.31. The van der Waals surface area contributed by atoms with E-state index >= 15 is 0 Å². The first-order valence-electron chi connectivity index (χ1n) is 11.6. The fourth-order valence-electron chi connectivity index (χ4n) is 3.63. The second kappa shape index (κ2) is 11.1. The van der Waals surface area contributed by atoms with Gasteiger partial charge in [0.15, 0.2) is 0 Å². The number of benzene rings is 3. The summed E-state index contributed by atoms with van der Waals surface area (Å²) in [7, 11) is 0. The number of carbonyl (C=O) groups is 4. The number of amides is 3. The van der Waals surface area contributed by atoms with E-state index in [2.05, 4.69) is 10.6 Å². The fraction of sp³-hybridized carbons (Fsp3) is 0.143. The van der Waals surface area contributed by atoms with Crippen LogP contribution in [0.1, 0.15) is 40.1 Å². The van der Waals surface area contributed by atoms with E-state index in [0.717, 1.165) is 10.5 Å². The molecule has 10 heteroatoms. The Kier molecular flexibility index (Phi) is 7.85. The SMILES string of the molecule is Cc1ccc(NC(=O)c2cccc(NC3=C(Cl)C(=O)N(c4ccc(C(=O)OC(C)C)cc4)C3=O)c2)cc1Cl. The molecule has 194 valence electrons. The Hall–Kier alpha value is -4.14. The van der Waals surface area contributed by atoms with Crippen LogP contribution in [0.2, 0.25) is 5.02 Å². The van der Waals surface area contributed by atoms with Gasteiger partial charge in [0.1, 0.15) is 10.7 Å². The van der Waals surface area contributed by atoms with E-state index < -0.39 is 17.8 Å². The van der Waals surface area contributed by atoms with Gasteiger partial charge in [-0.1, -0.05) is 35.3 Å². The number of halogens is 2. The van der Waals surface area contributed by atoms with Crippen LogP contribution in [0.25, 0.3) is 0 Å². The largest absolute Gasteiger partial charge is 0.459 e. The molecule has 2 N–H and O–H groups in total. The predicted octanol–water partition coefficient (Wildman–Crippen LogP) is 5.90. The number of nitrogens with one attached hydrogen (secondary N) is 2. The molecular weight excluding hydrogens is 529 g/mol. The molecule has 0 saturated carbocycles. The van der Waals surface area contributed by atoms with Gasteiger partial charge in [0, 0.05) is 22.0 Å². The minimum atomic E-state index is -0.721. The standard InChI is InChI=1S/C28H23Cl2N3O5/c1-15(2)38-28(37)17-8-11-21(12-9-17)33-26(35)23(30)24(27(33)36)31-19-6-4-5-18(13-19)25(34)32-20-10-7-16(3)22(29)14-20/h4-15,31H,1-3H3,(H,32,34). The molecule has 0 aromatic heterocycles. The van der Waals surface area contributed by atoms with Crippen molar-refractivity contribution in [1.82, 2.24) is 0 Å². The summed E-state index contributed by atoms with van der Waals surface area (Å²) < 4.78 is 5.15. The minimum Gasteiger partial charge on any atom is -0.459 e. The summed E-state index contributed by atoms with van der Waals surface area (Å²) in [5, 5.41) is 5.85. The van der Waals surface area contributed by atoms with Crippen molar-refractivity contribution < 1.29 is 23.9 Å². The highest BCUT2D eigenvalue weighted by molar-refractivity contribution is 6.53. The van der Waals surface area contributed by atoms with Gasteiger partial charge in [-0.3, -0.25) is 14.4 Å². The van der Waals surface area contributed by atoms with Crippen LogP contribution < -0.4 is 15.5 Å². The normalized spacial score (nSPS) is 13.3. The van der Waals surface area contributed by atoms with Gasteiger partial charge in [-0.15, -0.1) is 0 Å². The van der Waals surface area contributed by atoms with Gasteiger partial charge in [0.2, 0.25) is 0 Å². The number of imide groups is 1. The van der Waals surface area contributed by atoms with Crippen molar-refractivity contribution in [3.63, 3.8) is 0 Å². The fourth-order valence-corrected chi connectivity index (χ4v) is 4.02. The van der Waals surface area contributed by atoms with Crippen LogP contribution in [0.15, 0.2) is 77.5 Å². The molecule has 0 bridgehead atoms. The summed E-state index contributed by atoms with van der Waals surface area (Å²) in [5.41, 5.74) is 2.48. The van der Waals surface area contributed by atoms with Crippen LogP contribution in [0.4, 0.5) is 17.1 Å². The van der Waals surface area contributed by atoms with Crippen molar-refractivity contribution in [3.05, 3.63) is 99.2 Å². The molecule has 3 aromatic carbocycles. The Bertz CT molecular complexity index is 1480. The van der Waals surface area contributed by atoms with E-state index in [9.17, 15) is 19.2 Å². The highest BCUT2D eigenvalue weighted by atomic mass is 35.5. The van der Waals surface area contributed by atoms with Gasteiger partial charge in [-0.05, 0) is 80.9 Å². The third kappa shape index (κ3) is 5.72. The first kappa shape index (κ1) is 26.9. The molecule has 1 aliphatic heterocycles. The lowest BCUT2D eigenvalue weighted by Crippen LogP contribution is -2.32. The molecule has 0 fully saturated rings. The Morgan fingerprint density at radius 1 is 0.868 bits per heavy atom. The summed E-state index contributed by atoms with van der Waals surface area (Å²) in [5.74, 6) is -2.30. The topological polar surface area (TPSA) is 105 Å². The van der Waals surface area contributed by atoms with E-state index in [4.69, 9.17) is 27.9 Å². The Morgan fingerprint density at radius 2 is 1.58 bits per heavy atom. The molecule has 0 atom stereocenters. The highest BCUT2D eigenvalue weighted by Gasteiger charge is 2.39. The molecule has 38 heavy (non-hydrogen) atoms. The van der Waals surface area contributed by atoms with Crippen molar-refractivity contribution in [2.24, 2.45) is 0 Å². The molecule has 8 nitrogen and oxygen atoms in total. The van der Waals surface area contributed by atoms with Crippen LogP contribution in [0.5, 0.6) is 0 Å². The molecule has 0 radical (unpaired) electrons. The molecule has 0 unspecified atom stereocenters. The predicted molar refractivity (Wildman–Crippen MR) is 147 cm³/mol. The van der Waals surface area contributed by atoms with Crippen LogP contribution in [-0.2, 0) is 14.3 Å². The third-order valence-corrected chi connectivity index (χ3v) is 6.31. The summed E-state index contributed by atoms with van der Waals surface area (Å²) >= 11 is 12.4. The Morgan fingerprint density at radius 3 is 2.24 bits per heavy atom. The number of hydrogen-bond acceptors (Lipinski definition) is 6. The molecule has 3 aromatic rings. The summed E-state index contributed by atoms with van der Waals surface area (Å²) in [6.07, 6.45) is -0.286. The molecular formula is C28H23Cl2N3O5. The van der Waals surface area contributed by atoms with E-state index in [1.165, 1.54) is 30.3 Å². The first-order valence-corrected chi connectivity index (χ1v) is 12.3. The second-order valence-corrected chi connectivity index (χ2v) is 9.54. The van der Waals surface area contributed by atoms with Crippen LogP contribution in [0.3, 0.4) is 0 Å².